The van der Waals surface area contributed by atoms with Crippen molar-refractivity contribution in [3.63, 3.8) is 0 Å². The number of rotatable bonds is 6. The number of aryl methyl sites for hydroxylation is 1. The molecule has 0 fully saturated rings. The number of nitrogens with one attached hydrogen (secondary N) is 1. The second-order valence-electron chi connectivity index (χ2n) is 7.02. The van der Waals surface area contributed by atoms with Gasteiger partial charge in [0.1, 0.15) is 11.5 Å². The summed E-state index contributed by atoms with van der Waals surface area (Å²) in [6.07, 6.45) is 9.14. The highest BCUT2D eigenvalue weighted by Crippen LogP contribution is 2.29. The van der Waals surface area contributed by atoms with Crippen molar-refractivity contribution < 1.29 is 9.53 Å². The van der Waals surface area contributed by atoms with E-state index in [0.29, 0.717) is 23.6 Å². The minimum atomic E-state index is -0.151. The molecule has 0 saturated heterocycles. The van der Waals surface area contributed by atoms with Crippen LogP contribution in [0.2, 0.25) is 0 Å². The van der Waals surface area contributed by atoms with Gasteiger partial charge in [0.2, 0.25) is 0 Å². The lowest BCUT2D eigenvalue weighted by Crippen LogP contribution is -2.23. The van der Waals surface area contributed by atoms with Crippen LogP contribution in [0.5, 0.6) is 11.5 Å². The van der Waals surface area contributed by atoms with Gasteiger partial charge in [-0.3, -0.25) is 14.8 Å². The Hall–Kier alpha value is -3.93. The number of benzene rings is 1. The van der Waals surface area contributed by atoms with Crippen LogP contribution in [0.3, 0.4) is 0 Å². The first-order valence-electron chi connectivity index (χ1n) is 9.63. The van der Waals surface area contributed by atoms with Crippen LogP contribution in [0.15, 0.2) is 79.5 Å². The molecule has 0 saturated carbocycles. The molecule has 150 valence electrons. The van der Waals surface area contributed by atoms with Gasteiger partial charge in [-0.2, -0.15) is 0 Å². The summed E-state index contributed by atoms with van der Waals surface area (Å²) in [5, 5.41) is 2.93. The molecule has 1 amide bonds. The average Bonchev–Trinajstić information content (AvgIpc) is 3.21. The summed E-state index contributed by atoms with van der Waals surface area (Å²) in [7, 11) is 1.97. The van der Waals surface area contributed by atoms with Crippen LogP contribution < -0.4 is 10.1 Å². The molecular formula is C24H22N4O2. The van der Waals surface area contributed by atoms with Gasteiger partial charge < -0.3 is 14.6 Å². The zero-order chi connectivity index (χ0) is 20.9. The molecule has 3 aromatic heterocycles. The second kappa shape index (κ2) is 8.61. The summed E-state index contributed by atoms with van der Waals surface area (Å²) in [6.45, 7) is 2.30. The van der Waals surface area contributed by atoms with Crippen molar-refractivity contribution in [3.8, 4) is 22.8 Å². The van der Waals surface area contributed by atoms with E-state index in [9.17, 15) is 4.79 Å². The molecule has 0 spiro atoms. The first kappa shape index (κ1) is 19.4. The van der Waals surface area contributed by atoms with E-state index >= 15 is 0 Å². The Morgan fingerprint density at radius 2 is 2.03 bits per heavy atom. The molecule has 30 heavy (non-hydrogen) atoms. The third-order valence-corrected chi connectivity index (χ3v) is 4.79. The first-order valence-corrected chi connectivity index (χ1v) is 9.63. The van der Waals surface area contributed by atoms with Crippen LogP contribution >= 0.6 is 0 Å². The Morgan fingerprint density at radius 1 is 1.13 bits per heavy atom. The zero-order valence-electron chi connectivity index (χ0n) is 16.9. The highest BCUT2D eigenvalue weighted by Gasteiger charge is 2.13. The van der Waals surface area contributed by atoms with Crippen LogP contribution in [0, 0.1) is 6.92 Å². The second-order valence-corrected chi connectivity index (χ2v) is 7.02. The monoisotopic (exact) mass is 398 g/mol. The minimum Gasteiger partial charge on any atom is -0.457 e. The van der Waals surface area contributed by atoms with Gasteiger partial charge in [-0.25, -0.2) is 0 Å². The van der Waals surface area contributed by atoms with E-state index in [1.54, 1.807) is 30.7 Å². The maximum absolute atomic E-state index is 12.7. The van der Waals surface area contributed by atoms with E-state index in [-0.39, 0.29) is 5.91 Å². The Balaban J connectivity index is 1.51. The van der Waals surface area contributed by atoms with Crippen LogP contribution in [0.25, 0.3) is 11.3 Å². The Bertz CT molecular complexity index is 1170. The molecule has 0 radical (unpaired) electrons. The summed E-state index contributed by atoms with van der Waals surface area (Å²) in [4.78, 5) is 21.2. The number of carbonyl (C=O) groups is 1. The van der Waals surface area contributed by atoms with Crippen molar-refractivity contribution in [3.05, 3.63) is 96.2 Å². The van der Waals surface area contributed by atoms with E-state index in [2.05, 4.69) is 15.3 Å². The number of carbonyl (C=O) groups excluding carboxylic acids is 1. The zero-order valence-corrected chi connectivity index (χ0v) is 16.9. The average molecular weight is 398 g/mol. The van der Waals surface area contributed by atoms with Gasteiger partial charge in [0.15, 0.2) is 0 Å². The van der Waals surface area contributed by atoms with Gasteiger partial charge in [-0.05, 0) is 42.8 Å². The standard InChI is InChI=1S/C24H22N4O2/c1-17-21(24(29)27-15-18-5-4-10-25-14-18)6-3-7-23(17)30-20-8-11-26-22(13-20)19-9-12-28(2)16-19/h3-14,16H,15H2,1-2H3,(H,27,29). The quantitative estimate of drug-likeness (QED) is 0.519. The van der Waals surface area contributed by atoms with Gasteiger partial charge in [-0.15, -0.1) is 0 Å². The molecule has 1 aromatic carbocycles. The Labute approximate surface area is 175 Å². The third-order valence-electron chi connectivity index (χ3n) is 4.79. The molecule has 3 heterocycles. The lowest BCUT2D eigenvalue weighted by Gasteiger charge is -2.13. The number of hydrogen-bond acceptors (Lipinski definition) is 4. The molecule has 6 heteroatoms. The van der Waals surface area contributed by atoms with Gasteiger partial charge >= 0.3 is 0 Å². The molecule has 4 aromatic rings. The fourth-order valence-corrected chi connectivity index (χ4v) is 3.17. The predicted molar refractivity (Wildman–Crippen MR) is 115 cm³/mol. The Kier molecular flexibility index (Phi) is 5.57. The van der Waals surface area contributed by atoms with Crippen molar-refractivity contribution >= 4 is 5.91 Å². The number of amides is 1. The fraction of sp³-hybridized carbons (Fsp3) is 0.125. The molecule has 0 unspecified atom stereocenters. The van der Waals surface area contributed by atoms with E-state index in [1.165, 1.54) is 0 Å². The number of ether oxygens (including phenoxy) is 1. The molecule has 0 aliphatic carbocycles. The van der Waals surface area contributed by atoms with Crippen LogP contribution in [0.1, 0.15) is 21.5 Å². The number of aromatic nitrogens is 3. The summed E-state index contributed by atoms with van der Waals surface area (Å²) in [5.41, 5.74) is 4.15. The number of hydrogen-bond donors (Lipinski definition) is 1. The highest BCUT2D eigenvalue weighted by atomic mass is 16.5. The SMILES string of the molecule is Cc1c(Oc2ccnc(-c3ccn(C)c3)c2)cccc1C(=O)NCc1cccnc1. The third kappa shape index (κ3) is 4.38. The lowest BCUT2D eigenvalue weighted by molar-refractivity contribution is 0.0950. The van der Waals surface area contributed by atoms with Crippen molar-refractivity contribution in [2.75, 3.05) is 0 Å². The maximum Gasteiger partial charge on any atom is 0.251 e. The topological polar surface area (TPSA) is 69.0 Å². The first-order chi connectivity index (χ1) is 14.6. The predicted octanol–water partition coefficient (Wildman–Crippen LogP) is 4.51. The molecule has 0 bridgehead atoms. The molecule has 0 aliphatic heterocycles. The van der Waals surface area contributed by atoms with E-state index in [0.717, 1.165) is 22.4 Å². The summed E-state index contributed by atoms with van der Waals surface area (Å²) in [5.74, 6) is 1.15. The summed E-state index contributed by atoms with van der Waals surface area (Å²) < 4.78 is 8.07. The summed E-state index contributed by atoms with van der Waals surface area (Å²) >= 11 is 0. The van der Waals surface area contributed by atoms with E-state index in [1.807, 2.05) is 67.3 Å². The van der Waals surface area contributed by atoms with E-state index in [4.69, 9.17) is 4.74 Å². The number of nitrogens with zero attached hydrogens (tertiary/aromatic N) is 3. The largest absolute Gasteiger partial charge is 0.457 e. The maximum atomic E-state index is 12.7. The van der Waals surface area contributed by atoms with Gasteiger partial charge in [-0.1, -0.05) is 12.1 Å². The van der Waals surface area contributed by atoms with Crippen LogP contribution in [-0.4, -0.2) is 20.4 Å². The molecular weight excluding hydrogens is 376 g/mol. The minimum absolute atomic E-state index is 0.151. The normalized spacial score (nSPS) is 10.6. The lowest BCUT2D eigenvalue weighted by atomic mass is 10.1. The van der Waals surface area contributed by atoms with Gasteiger partial charge in [0.05, 0.1) is 5.69 Å². The molecule has 0 atom stereocenters. The molecule has 6 nitrogen and oxygen atoms in total. The van der Waals surface area contributed by atoms with Crippen LogP contribution in [0.4, 0.5) is 0 Å². The summed E-state index contributed by atoms with van der Waals surface area (Å²) in [6, 6.07) is 14.9. The fourth-order valence-electron chi connectivity index (χ4n) is 3.17. The smallest absolute Gasteiger partial charge is 0.251 e. The van der Waals surface area contributed by atoms with Crippen molar-refractivity contribution in [2.24, 2.45) is 7.05 Å². The molecule has 0 aliphatic rings. The van der Waals surface area contributed by atoms with Gasteiger partial charge in [0.25, 0.3) is 5.91 Å². The van der Waals surface area contributed by atoms with Gasteiger partial charge in [0, 0.05) is 67.3 Å². The van der Waals surface area contributed by atoms with Crippen LogP contribution in [-0.2, 0) is 13.6 Å². The van der Waals surface area contributed by atoms with Crippen molar-refractivity contribution in [1.29, 1.82) is 0 Å². The van der Waals surface area contributed by atoms with E-state index < -0.39 is 0 Å². The van der Waals surface area contributed by atoms with Crippen molar-refractivity contribution in [2.45, 2.75) is 13.5 Å². The molecule has 4 rings (SSSR count). The molecule has 1 N–H and O–H groups in total. The number of pyridine rings is 2. The highest BCUT2D eigenvalue weighted by molar-refractivity contribution is 5.96. The Morgan fingerprint density at radius 3 is 2.80 bits per heavy atom. The van der Waals surface area contributed by atoms with Crippen molar-refractivity contribution in [1.82, 2.24) is 19.9 Å².